The van der Waals surface area contributed by atoms with Gasteiger partial charge in [-0.1, -0.05) is 6.07 Å². The van der Waals surface area contributed by atoms with Gasteiger partial charge >= 0.3 is 6.18 Å². The van der Waals surface area contributed by atoms with Crippen LogP contribution in [-0.2, 0) is 12.7 Å². The second-order valence-electron chi connectivity index (χ2n) is 4.38. The number of benzene rings is 1. The van der Waals surface area contributed by atoms with Gasteiger partial charge in [0.2, 0.25) is 0 Å². The van der Waals surface area contributed by atoms with E-state index in [1.165, 1.54) is 6.07 Å². The van der Waals surface area contributed by atoms with E-state index in [2.05, 4.69) is 5.43 Å². The van der Waals surface area contributed by atoms with E-state index in [9.17, 15) is 13.2 Å². The van der Waals surface area contributed by atoms with Gasteiger partial charge in [0.1, 0.15) is 0 Å². The van der Waals surface area contributed by atoms with E-state index in [1.54, 1.807) is 6.07 Å². The molecule has 1 aromatic rings. The van der Waals surface area contributed by atoms with Crippen molar-refractivity contribution in [3.63, 3.8) is 0 Å². The largest absolute Gasteiger partial charge is 0.416 e. The molecule has 6 heteroatoms. The van der Waals surface area contributed by atoms with Gasteiger partial charge in [0.05, 0.1) is 5.56 Å². The first-order chi connectivity index (χ1) is 8.54. The first-order valence-corrected chi connectivity index (χ1v) is 5.91. The summed E-state index contributed by atoms with van der Waals surface area (Å²) in [7, 11) is 0. The average molecular weight is 259 g/mol. The smallest absolute Gasteiger partial charge is 0.371 e. The minimum Gasteiger partial charge on any atom is -0.371 e. The minimum atomic E-state index is -4.35. The Hall–Kier alpha value is -1.27. The number of hydrogen-bond donors (Lipinski definition) is 2. The zero-order valence-electron chi connectivity index (χ0n) is 9.93. The van der Waals surface area contributed by atoms with E-state index in [0.29, 0.717) is 5.69 Å². The lowest BCUT2D eigenvalue weighted by Crippen LogP contribution is -2.27. The molecule has 0 aromatic heterocycles. The molecule has 0 atom stereocenters. The molecule has 3 nitrogen and oxygen atoms in total. The van der Waals surface area contributed by atoms with Crippen molar-refractivity contribution < 1.29 is 13.2 Å². The van der Waals surface area contributed by atoms with Crippen LogP contribution in [0.4, 0.5) is 18.9 Å². The van der Waals surface area contributed by atoms with Crippen molar-refractivity contribution in [3.05, 3.63) is 29.3 Å². The van der Waals surface area contributed by atoms with Gasteiger partial charge in [-0.25, -0.2) is 0 Å². The maximum absolute atomic E-state index is 13.0. The molecule has 3 N–H and O–H groups in total. The predicted molar refractivity (Wildman–Crippen MR) is 63.9 cm³/mol. The van der Waals surface area contributed by atoms with E-state index < -0.39 is 11.7 Å². The molecule has 0 radical (unpaired) electrons. The molecule has 1 aliphatic rings. The van der Waals surface area contributed by atoms with Crippen molar-refractivity contribution in [2.45, 2.75) is 25.6 Å². The molecule has 0 bridgehead atoms. The summed E-state index contributed by atoms with van der Waals surface area (Å²) in [6, 6.07) is 4.29. The molecule has 0 amide bonds. The van der Waals surface area contributed by atoms with Crippen molar-refractivity contribution >= 4 is 5.69 Å². The van der Waals surface area contributed by atoms with Crippen molar-refractivity contribution in [1.82, 2.24) is 5.43 Å². The molecule has 0 unspecified atom stereocenters. The Morgan fingerprint density at radius 2 is 1.89 bits per heavy atom. The molecule has 0 saturated carbocycles. The van der Waals surface area contributed by atoms with Crippen molar-refractivity contribution in [2.75, 3.05) is 18.0 Å². The first-order valence-electron chi connectivity index (χ1n) is 5.91. The van der Waals surface area contributed by atoms with Crippen LogP contribution in [0.25, 0.3) is 0 Å². The maximum Gasteiger partial charge on any atom is 0.416 e. The maximum atomic E-state index is 13.0. The lowest BCUT2D eigenvalue weighted by molar-refractivity contribution is -0.138. The molecule has 1 aliphatic heterocycles. The minimum absolute atomic E-state index is 0.0154. The first kappa shape index (κ1) is 13.2. The van der Waals surface area contributed by atoms with Crippen LogP contribution < -0.4 is 16.2 Å². The van der Waals surface area contributed by atoms with Crippen LogP contribution in [-0.4, -0.2) is 13.1 Å². The third kappa shape index (κ3) is 2.59. The number of rotatable bonds is 3. The van der Waals surface area contributed by atoms with Gasteiger partial charge in [0.15, 0.2) is 0 Å². The molecule has 1 heterocycles. The van der Waals surface area contributed by atoms with Crippen LogP contribution in [0.2, 0.25) is 0 Å². The highest BCUT2D eigenvalue weighted by atomic mass is 19.4. The standard InChI is InChI=1S/C12H16F3N3/c13-12(14,15)10-4-3-5-11(9(10)8-17-16)18-6-1-2-7-18/h3-5,17H,1-2,6-8,16H2. The zero-order chi connectivity index (χ0) is 13.2. The molecular formula is C12H16F3N3. The molecule has 1 fully saturated rings. The number of nitrogens with zero attached hydrogens (tertiary/aromatic N) is 1. The normalized spacial score (nSPS) is 16.3. The Balaban J connectivity index is 2.44. The highest BCUT2D eigenvalue weighted by Crippen LogP contribution is 2.37. The second kappa shape index (κ2) is 5.16. The van der Waals surface area contributed by atoms with Gasteiger partial charge in [-0.15, -0.1) is 0 Å². The SMILES string of the molecule is NNCc1c(N2CCCC2)cccc1C(F)(F)F. The summed E-state index contributed by atoms with van der Waals surface area (Å²) < 4.78 is 38.9. The van der Waals surface area contributed by atoms with E-state index in [1.807, 2.05) is 4.90 Å². The summed E-state index contributed by atoms with van der Waals surface area (Å²) >= 11 is 0. The number of alkyl halides is 3. The monoisotopic (exact) mass is 259 g/mol. The van der Waals surface area contributed by atoms with E-state index >= 15 is 0 Å². The lowest BCUT2D eigenvalue weighted by Gasteiger charge is -2.24. The number of nitrogens with one attached hydrogen (secondary N) is 1. The molecular weight excluding hydrogens is 243 g/mol. The molecule has 100 valence electrons. The molecule has 1 aromatic carbocycles. The summed E-state index contributed by atoms with van der Waals surface area (Å²) in [5.41, 5.74) is 2.60. The third-order valence-electron chi connectivity index (χ3n) is 3.18. The molecule has 0 aliphatic carbocycles. The van der Waals surface area contributed by atoms with Crippen LogP contribution >= 0.6 is 0 Å². The molecule has 18 heavy (non-hydrogen) atoms. The Morgan fingerprint density at radius 3 is 2.44 bits per heavy atom. The lowest BCUT2D eigenvalue weighted by atomic mass is 10.0. The molecule has 0 spiro atoms. The topological polar surface area (TPSA) is 41.3 Å². The van der Waals surface area contributed by atoms with Gasteiger partial charge in [0, 0.05) is 30.9 Å². The van der Waals surface area contributed by atoms with Crippen molar-refractivity contribution in [3.8, 4) is 0 Å². The van der Waals surface area contributed by atoms with Gasteiger partial charge in [-0.05, 0) is 25.0 Å². The summed E-state index contributed by atoms with van der Waals surface area (Å²) in [5.74, 6) is 5.20. The number of halogens is 3. The Kier molecular flexibility index (Phi) is 3.77. The van der Waals surface area contributed by atoms with Crippen LogP contribution in [0.5, 0.6) is 0 Å². The Bertz CT molecular complexity index is 412. The van der Waals surface area contributed by atoms with Gasteiger partial charge in [-0.3, -0.25) is 11.3 Å². The highest BCUT2D eigenvalue weighted by Gasteiger charge is 2.34. The summed E-state index contributed by atoms with van der Waals surface area (Å²) in [5, 5.41) is 0. The fourth-order valence-corrected chi connectivity index (χ4v) is 2.38. The fraction of sp³-hybridized carbons (Fsp3) is 0.500. The van der Waals surface area contributed by atoms with Gasteiger partial charge < -0.3 is 4.90 Å². The van der Waals surface area contributed by atoms with E-state index in [0.717, 1.165) is 32.0 Å². The van der Waals surface area contributed by atoms with E-state index in [-0.39, 0.29) is 12.1 Å². The van der Waals surface area contributed by atoms with Gasteiger partial charge in [-0.2, -0.15) is 13.2 Å². The number of hydrazine groups is 1. The van der Waals surface area contributed by atoms with Crippen LogP contribution in [0.15, 0.2) is 18.2 Å². The number of anilines is 1. The number of hydrogen-bond acceptors (Lipinski definition) is 3. The van der Waals surface area contributed by atoms with E-state index in [4.69, 9.17) is 5.84 Å². The zero-order valence-corrected chi connectivity index (χ0v) is 9.93. The molecule has 1 saturated heterocycles. The second-order valence-corrected chi connectivity index (χ2v) is 4.38. The van der Waals surface area contributed by atoms with Gasteiger partial charge in [0.25, 0.3) is 0 Å². The molecule has 2 rings (SSSR count). The predicted octanol–water partition coefficient (Wildman–Crippen LogP) is 2.27. The van der Waals surface area contributed by atoms with Crippen molar-refractivity contribution in [2.24, 2.45) is 5.84 Å². The summed E-state index contributed by atoms with van der Waals surface area (Å²) in [4.78, 5) is 1.99. The van der Waals surface area contributed by atoms with Crippen LogP contribution in [0.3, 0.4) is 0 Å². The summed E-state index contributed by atoms with van der Waals surface area (Å²) in [6.07, 6.45) is -2.31. The number of nitrogens with two attached hydrogens (primary N) is 1. The van der Waals surface area contributed by atoms with Crippen LogP contribution in [0.1, 0.15) is 24.0 Å². The summed E-state index contributed by atoms with van der Waals surface area (Å²) in [6.45, 7) is 1.62. The Labute approximate surface area is 104 Å². The highest BCUT2D eigenvalue weighted by molar-refractivity contribution is 5.58. The van der Waals surface area contributed by atoms with Crippen LogP contribution in [0, 0.1) is 0 Å². The average Bonchev–Trinajstić information content (AvgIpc) is 2.81. The fourth-order valence-electron chi connectivity index (χ4n) is 2.38. The van der Waals surface area contributed by atoms with Crippen molar-refractivity contribution in [1.29, 1.82) is 0 Å². The quantitative estimate of drug-likeness (QED) is 0.646. The third-order valence-corrected chi connectivity index (χ3v) is 3.18. The Morgan fingerprint density at radius 1 is 1.22 bits per heavy atom.